The summed E-state index contributed by atoms with van der Waals surface area (Å²) in [6.07, 6.45) is 0. The van der Waals surface area contributed by atoms with Gasteiger partial charge in [-0.3, -0.25) is 10.1 Å². The number of rotatable bonds is 4. The number of benzene rings is 2. The first-order valence-corrected chi connectivity index (χ1v) is 8.04. The summed E-state index contributed by atoms with van der Waals surface area (Å²) >= 11 is 1.19. The molecule has 3 rings (SSSR count). The van der Waals surface area contributed by atoms with Crippen LogP contribution in [0.15, 0.2) is 46.5 Å². The Hall–Kier alpha value is -3.25. The molecule has 1 heterocycles. The number of nitro benzene ring substituents is 1. The molecule has 0 amide bonds. The van der Waals surface area contributed by atoms with Gasteiger partial charge in [0.1, 0.15) is 6.07 Å². The van der Waals surface area contributed by atoms with E-state index in [4.69, 9.17) is 0 Å². The Morgan fingerprint density at radius 2 is 1.96 bits per heavy atom. The average Bonchev–Trinajstić information content (AvgIpc) is 3.02. The van der Waals surface area contributed by atoms with E-state index >= 15 is 0 Å². The van der Waals surface area contributed by atoms with Gasteiger partial charge in [0.2, 0.25) is 5.16 Å². The molecule has 8 nitrogen and oxygen atoms in total. The standard InChI is InChI=1S/C16H12N6O2S/c1-10-4-3-5-11(2)15(10)21-16(18-19-20-21)25-14-7-6-13(22(23)24)8-12(14)9-17/h3-8H,1-2H3. The zero-order valence-corrected chi connectivity index (χ0v) is 14.2. The fourth-order valence-electron chi connectivity index (χ4n) is 2.43. The van der Waals surface area contributed by atoms with E-state index in [1.165, 1.54) is 30.0 Å². The van der Waals surface area contributed by atoms with Crippen molar-refractivity contribution in [1.29, 1.82) is 5.26 Å². The Morgan fingerprint density at radius 1 is 1.24 bits per heavy atom. The molecule has 0 unspecified atom stereocenters. The minimum Gasteiger partial charge on any atom is -0.258 e. The summed E-state index contributed by atoms with van der Waals surface area (Å²) in [6, 6.07) is 12.0. The molecular formula is C16H12N6O2S. The van der Waals surface area contributed by atoms with Gasteiger partial charge in [0, 0.05) is 17.0 Å². The summed E-state index contributed by atoms with van der Waals surface area (Å²) in [7, 11) is 0. The molecule has 0 radical (unpaired) electrons. The second-order valence-electron chi connectivity index (χ2n) is 5.27. The minimum absolute atomic E-state index is 0.129. The molecule has 0 aliphatic carbocycles. The minimum atomic E-state index is -0.532. The molecule has 3 aromatic rings. The normalized spacial score (nSPS) is 10.4. The summed E-state index contributed by atoms with van der Waals surface area (Å²) in [5, 5.41) is 32.4. The lowest BCUT2D eigenvalue weighted by Gasteiger charge is -2.10. The molecule has 2 aromatic carbocycles. The molecule has 0 saturated heterocycles. The summed E-state index contributed by atoms with van der Waals surface area (Å²) < 4.78 is 1.61. The summed E-state index contributed by atoms with van der Waals surface area (Å²) in [4.78, 5) is 10.9. The zero-order valence-electron chi connectivity index (χ0n) is 13.4. The highest BCUT2D eigenvalue weighted by Crippen LogP contribution is 2.32. The van der Waals surface area contributed by atoms with E-state index in [0.717, 1.165) is 16.8 Å². The first kappa shape index (κ1) is 16.6. The van der Waals surface area contributed by atoms with Crippen LogP contribution in [-0.2, 0) is 0 Å². The van der Waals surface area contributed by atoms with Crippen LogP contribution in [0.1, 0.15) is 16.7 Å². The number of aromatic nitrogens is 4. The number of nitriles is 1. The fourth-order valence-corrected chi connectivity index (χ4v) is 3.27. The van der Waals surface area contributed by atoms with E-state index in [-0.39, 0.29) is 11.3 Å². The molecule has 0 N–H and O–H groups in total. The van der Waals surface area contributed by atoms with Gasteiger partial charge in [0.05, 0.1) is 16.2 Å². The second-order valence-corrected chi connectivity index (χ2v) is 6.27. The van der Waals surface area contributed by atoms with Crippen LogP contribution in [0.3, 0.4) is 0 Å². The molecule has 0 bridgehead atoms. The van der Waals surface area contributed by atoms with E-state index in [0.29, 0.717) is 10.1 Å². The third kappa shape index (κ3) is 3.20. The van der Waals surface area contributed by atoms with Gasteiger partial charge in [0.15, 0.2) is 0 Å². The van der Waals surface area contributed by atoms with Gasteiger partial charge in [-0.05, 0) is 53.2 Å². The van der Waals surface area contributed by atoms with Crippen molar-refractivity contribution in [2.45, 2.75) is 23.9 Å². The van der Waals surface area contributed by atoms with E-state index in [9.17, 15) is 15.4 Å². The SMILES string of the molecule is Cc1cccc(C)c1-n1nnnc1Sc1ccc([N+](=O)[O-])cc1C#N. The van der Waals surface area contributed by atoms with Crippen molar-refractivity contribution in [1.82, 2.24) is 20.2 Å². The molecular weight excluding hydrogens is 340 g/mol. The monoisotopic (exact) mass is 352 g/mol. The van der Waals surface area contributed by atoms with Crippen LogP contribution in [0, 0.1) is 35.3 Å². The lowest BCUT2D eigenvalue weighted by Crippen LogP contribution is -2.04. The lowest BCUT2D eigenvalue weighted by atomic mass is 10.1. The summed E-state index contributed by atoms with van der Waals surface area (Å²) in [6.45, 7) is 3.93. The topological polar surface area (TPSA) is 111 Å². The molecule has 0 aliphatic heterocycles. The van der Waals surface area contributed by atoms with Crippen molar-refractivity contribution < 1.29 is 4.92 Å². The van der Waals surface area contributed by atoms with Crippen LogP contribution in [0.25, 0.3) is 5.69 Å². The number of hydrogen-bond acceptors (Lipinski definition) is 7. The third-order valence-electron chi connectivity index (χ3n) is 3.59. The van der Waals surface area contributed by atoms with Gasteiger partial charge in [-0.25, -0.2) is 0 Å². The molecule has 0 atom stereocenters. The predicted molar refractivity (Wildman–Crippen MR) is 90.6 cm³/mol. The van der Waals surface area contributed by atoms with Gasteiger partial charge < -0.3 is 0 Å². The molecule has 9 heteroatoms. The summed E-state index contributed by atoms with van der Waals surface area (Å²) in [5.74, 6) is 0. The highest BCUT2D eigenvalue weighted by Gasteiger charge is 2.17. The number of nitrogens with zero attached hydrogens (tertiary/aromatic N) is 6. The zero-order chi connectivity index (χ0) is 18.0. The van der Waals surface area contributed by atoms with Crippen LogP contribution in [-0.4, -0.2) is 25.1 Å². The molecule has 0 fully saturated rings. The van der Waals surface area contributed by atoms with Crippen LogP contribution in [0.4, 0.5) is 5.69 Å². The Labute approximate surface area is 147 Å². The summed E-state index contributed by atoms with van der Waals surface area (Å²) in [5.41, 5.74) is 2.97. The molecule has 25 heavy (non-hydrogen) atoms. The van der Waals surface area contributed by atoms with Gasteiger partial charge >= 0.3 is 0 Å². The lowest BCUT2D eigenvalue weighted by molar-refractivity contribution is -0.384. The largest absolute Gasteiger partial charge is 0.270 e. The molecule has 0 aliphatic rings. The Balaban J connectivity index is 2.03. The number of nitro groups is 1. The fraction of sp³-hybridized carbons (Fsp3) is 0.125. The second kappa shape index (κ2) is 6.70. The van der Waals surface area contributed by atoms with Gasteiger partial charge in [-0.15, -0.1) is 5.10 Å². The molecule has 1 aromatic heterocycles. The van der Waals surface area contributed by atoms with Gasteiger partial charge in [-0.2, -0.15) is 9.94 Å². The van der Waals surface area contributed by atoms with E-state index in [1.54, 1.807) is 4.68 Å². The highest BCUT2D eigenvalue weighted by atomic mass is 32.2. The van der Waals surface area contributed by atoms with Crippen LogP contribution >= 0.6 is 11.8 Å². The highest BCUT2D eigenvalue weighted by molar-refractivity contribution is 7.99. The predicted octanol–water partition coefficient (Wildman–Crippen LogP) is 3.21. The van der Waals surface area contributed by atoms with Crippen LogP contribution in [0.5, 0.6) is 0 Å². The number of non-ortho nitro benzene ring substituents is 1. The molecule has 124 valence electrons. The van der Waals surface area contributed by atoms with Crippen molar-refractivity contribution in [2.75, 3.05) is 0 Å². The van der Waals surface area contributed by atoms with Crippen molar-refractivity contribution in [2.24, 2.45) is 0 Å². The van der Waals surface area contributed by atoms with Crippen LogP contribution < -0.4 is 0 Å². The first-order chi connectivity index (χ1) is 12.0. The maximum absolute atomic E-state index is 10.9. The molecule has 0 saturated carbocycles. The maximum atomic E-state index is 10.9. The van der Waals surface area contributed by atoms with Crippen molar-refractivity contribution in [3.63, 3.8) is 0 Å². The maximum Gasteiger partial charge on any atom is 0.270 e. The van der Waals surface area contributed by atoms with E-state index < -0.39 is 4.92 Å². The Kier molecular flexibility index (Phi) is 4.45. The van der Waals surface area contributed by atoms with Gasteiger partial charge in [0.25, 0.3) is 5.69 Å². The van der Waals surface area contributed by atoms with E-state index in [2.05, 4.69) is 15.5 Å². The number of hydrogen-bond donors (Lipinski definition) is 0. The number of para-hydroxylation sites is 1. The third-order valence-corrected chi connectivity index (χ3v) is 4.60. The average molecular weight is 352 g/mol. The smallest absolute Gasteiger partial charge is 0.258 e. The Bertz CT molecular complexity index is 988. The van der Waals surface area contributed by atoms with Crippen molar-refractivity contribution >= 4 is 17.4 Å². The molecule has 0 spiro atoms. The number of tetrazole rings is 1. The first-order valence-electron chi connectivity index (χ1n) is 7.22. The number of aryl methyl sites for hydroxylation is 2. The van der Waals surface area contributed by atoms with E-state index in [1.807, 2.05) is 38.1 Å². The van der Waals surface area contributed by atoms with Crippen molar-refractivity contribution in [3.05, 3.63) is 63.2 Å². The quantitative estimate of drug-likeness (QED) is 0.523. The van der Waals surface area contributed by atoms with Crippen molar-refractivity contribution in [3.8, 4) is 11.8 Å². The van der Waals surface area contributed by atoms with Crippen LogP contribution in [0.2, 0.25) is 0 Å². The Morgan fingerprint density at radius 3 is 2.60 bits per heavy atom. The van der Waals surface area contributed by atoms with Gasteiger partial charge in [-0.1, -0.05) is 18.2 Å².